The van der Waals surface area contributed by atoms with Crippen molar-refractivity contribution in [2.45, 2.75) is 55.5 Å². The van der Waals surface area contributed by atoms with Crippen LogP contribution in [0.25, 0.3) is 10.7 Å². The molecular weight excluding hydrogens is 659 g/mol. The lowest BCUT2D eigenvalue weighted by molar-refractivity contribution is -0.212. The maximum atomic E-state index is 12.3. The minimum Gasteiger partial charge on any atom is -0.463 e. The molecule has 11 nitrogen and oxygen atoms in total. The van der Waals surface area contributed by atoms with Gasteiger partial charge in [0.1, 0.15) is 39.5 Å². The van der Waals surface area contributed by atoms with E-state index < -0.39 is 47.7 Å². The highest BCUT2D eigenvalue weighted by molar-refractivity contribution is 9.10. The number of thioether (sulfide) groups is 1. The van der Waals surface area contributed by atoms with Crippen molar-refractivity contribution in [3.8, 4) is 10.7 Å². The number of halogens is 3. The molecule has 0 bridgehead atoms. The summed E-state index contributed by atoms with van der Waals surface area (Å²) in [6.07, 6.45) is -1.44. The summed E-state index contributed by atoms with van der Waals surface area (Å²) in [6.45, 7) is 3.50. The van der Waals surface area contributed by atoms with Gasteiger partial charge in [0, 0.05) is 31.0 Å². The van der Waals surface area contributed by atoms with Gasteiger partial charge in [0.2, 0.25) is 0 Å². The van der Waals surface area contributed by atoms with Gasteiger partial charge in [-0.1, -0.05) is 40.2 Å². The number of aromatic nitrogens is 4. The second kappa shape index (κ2) is 13.0. The molecule has 4 rings (SSSR count). The van der Waals surface area contributed by atoms with E-state index in [0.717, 1.165) is 0 Å². The van der Waals surface area contributed by atoms with Crippen LogP contribution in [0.1, 0.15) is 26.8 Å². The highest BCUT2D eigenvalue weighted by atomic mass is 79.9. The predicted molar refractivity (Wildman–Crippen MR) is 147 cm³/mol. The second-order valence-electron chi connectivity index (χ2n) is 8.24. The lowest BCUT2D eigenvalue weighted by atomic mass is 9.96. The molecule has 2 aromatic heterocycles. The van der Waals surface area contributed by atoms with Crippen LogP contribution in [0.4, 0.5) is 0 Å². The van der Waals surface area contributed by atoms with Gasteiger partial charge in [-0.05, 0) is 34.1 Å². The summed E-state index contributed by atoms with van der Waals surface area (Å²) in [5.41, 5.74) is -0.421. The Bertz CT molecular complexity index is 1370. The SMILES string of the molecule is CC(=O)OCC1O[C@H](Sc2ccc(Cl)c(Cl)c2)C(OC(C)=O)C(n2cc(-c3nc(Br)cs3)nn2)[C@H]1OC(C)=O. The number of rotatable bonds is 8. The maximum Gasteiger partial charge on any atom is 0.303 e. The molecule has 5 atom stereocenters. The van der Waals surface area contributed by atoms with Gasteiger partial charge < -0.3 is 18.9 Å². The quantitative estimate of drug-likeness (QED) is 0.237. The fourth-order valence-electron chi connectivity index (χ4n) is 3.86. The molecule has 1 saturated heterocycles. The van der Waals surface area contributed by atoms with Crippen LogP contribution >= 0.6 is 62.2 Å². The lowest BCUT2D eigenvalue weighted by Gasteiger charge is -2.44. The molecule has 3 heterocycles. The first kappa shape index (κ1) is 29.7. The normalized spacial score (nSPS) is 22.8. The van der Waals surface area contributed by atoms with Crippen LogP contribution in [0.2, 0.25) is 10.0 Å². The highest BCUT2D eigenvalue weighted by Gasteiger charge is 2.52. The summed E-state index contributed by atoms with van der Waals surface area (Å²) in [4.78, 5) is 41.1. The van der Waals surface area contributed by atoms with Crippen molar-refractivity contribution in [1.82, 2.24) is 20.0 Å². The molecule has 0 aliphatic carbocycles. The molecule has 1 fully saturated rings. The van der Waals surface area contributed by atoms with E-state index in [0.29, 0.717) is 30.2 Å². The van der Waals surface area contributed by atoms with Crippen molar-refractivity contribution >= 4 is 80.1 Å². The lowest BCUT2D eigenvalue weighted by Crippen LogP contribution is -2.57. The largest absolute Gasteiger partial charge is 0.463 e. The molecule has 16 heteroatoms. The zero-order valence-electron chi connectivity index (χ0n) is 20.6. The first-order chi connectivity index (χ1) is 18.5. The molecule has 0 radical (unpaired) electrons. The second-order valence-corrected chi connectivity index (χ2v) is 11.9. The van der Waals surface area contributed by atoms with Crippen LogP contribution in [-0.2, 0) is 33.3 Å². The Hall–Kier alpha value is -2.23. The molecule has 0 spiro atoms. The smallest absolute Gasteiger partial charge is 0.303 e. The van der Waals surface area contributed by atoms with E-state index in [1.807, 2.05) is 0 Å². The minimum absolute atomic E-state index is 0.240. The third-order valence-corrected chi connectivity index (χ3v) is 8.78. The molecule has 1 aromatic carbocycles. The summed E-state index contributed by atoms with van der Waals surface area (Å²) in [7, 11) is 0. The molecule has 3 unspecified atom stereocenters. The number of benzene rings is 1. The van der Waals surface area contributed by atoms with Gasteiger partial charge in [-0.25, -0.2) is 9.67 Å². The number of ether oxygens (including phenoxy) is 4. The number of carbonyl (C=O) groups excluding carboxylic acids is 3. The minimum atomic E-state index is -1.07. The van der Waals surface area contributed by atoms with Crippen molar-refractivity contribution < 1.29 is 33.3 Å². The number of esters is 3. The number of hydrogen-bond acceptors (Lipinski definition) is 12. The number of carbonyl (C=O) groups is 3. The summed E-state index contributed by atoms with van der Waals surface area (Å²) in [6, 6.07) is 4.08. The Kier molecular flexibility index (Phi) is 9.88. The molecule has 3 aromatic rings. The average Bonchev–Trinajstić information content (AvgIpc) is 3.50. The van der Waals surface area contributed by atoms with Gasteiger partial charge in [-0.15, -0.1) is 16.4 Å². The van der Waals surface area contributed by atoms with Gasteiger partial charge in [0.25, 0.3) is 0 Å². The molecule has 0 saturated carbocycles. The number of nitrogens with zero attached hydrogens (tertiary/aromatic N) is 4. The monoisotopic (exact) mass is 678 g/mol. The van der Waals surface area contributed by atoms with Crippen molar-refractivity contribution in [3.63, 3.8) is 0 Å². The Labute approximate surface area is 249 Å². The topological polar surface area (TPSA) is 132 Å². The van der Waals surface area contributed by atoms with Crippen LogP contribution in [0.5, 0.6) is 0 Å². The van der Waals surface area contributed by atoms with Crippen molar-refractivity contribution in [2.75, 3.05) is 6.61 Å². The van der Waals surface area contributed by atoms with Crippen molar-refractivity contribution in [1.29, 1.82) is 0 Å². The average molecular weight is 680 g/mol. The van der Waals surface area contributed by atoms with Crippen LogP contribution in [0.15, 0.2) is 39.3 Å². The van der Waals surface area contributed by atoms with E-state index in [-0.39, 0.29) is 6.61 Å². The van der Waals surface area contributed by atoms with Gasteiger partial charge in [0.15, 0.2) is 12.2 Å². The Morgan fingerprint density at radius 1 is 1.10 bits per heavy atom. The van der Waals surface area contributed by atoms with Gasteiger partial charge >= 0.3 is 17.9 Å². The molecule has 39 heavy (non-hydrogen) atoms. The van der Waals surface area contributed by atoms with E-state index >= 15 is 0 Å². The van der Waals surface area contributed by atoms with E-state index in [4.69, 9.17) is 42.1 Å². The Balaban J connectivity index is 1.79. The standard InChI is InChI=1S/C23H21BrCl2N4O7S2/c1-10(31)34-8-17-20(35-11(2)32)19(30-7-16(28-29-30)22-27-18(24)9-38-22)21(36-12(3)33)23(37-17)39-13-4-5-14(25)15(26)6-13/h4-7,9,17,19-21,23H,8H2,1-3H3/t17?,19?,20-,21?,23+/m0/s1. The van der Waals surface area contributed by atoms with E-state index in [2.05, 4.69) is 31.2 Å². The Morgan fingerprint density at radius 3 is 2.44 bits per heavy atom. The van der Waals surface area contributed by atoms with Crippen molar-refractivity contribution in [3.05, 3.63) is 44.4 Å². The van der Waals surface area contributed by atoms with Crippen molar-refractivity contribution in [2.24, 2.45) is 0 Å². The summed E-state index contributed by atoms with van der Waals surface area (Å²) in [5, 5.41) is 11.6. The predicted octanol–water partition coefficient (Wildman–Crippen LogP) is 4.96. The van der Waals surface area contributed by atoms with Gasteiger partial charge in [-0.2, -0.15) is 0 Å². The molecule has 1 aliphatic rings. The molecular formula is C23H21BrCl2N4O7S2. The van der Waals surface area contributed by atoms with Gasteiger partial charge in [0.05, 0.1) is 16.2 Å². The number of thiazole rings is 1. The van der Waals surface area contributed by atoms with Crippen LogP contribution in [0, 0.1) is 0 Å². The third kappa shape index (κ3) is 7.50. The zero-order valence-corrected chi connectivity index (χ0v) is 25.3. The zero-order chi connectivity index (χ0) is 28.3. The first-order valence-electron chi connectivity index (χ1n) is 11.3. The summed E-state index contributed by atoms with van der Waals surface area (Å²) >= 11 is 18.2. The van der Waals surface area contributed by atoms with Crippen LogP contribution in [0.3, 0.4) is 0 Å². The van der Waals surface area contributed by atoms with E-state index in [9.17, 15) is 14.4 Å². The van der Waals surface area contributed by atoms with Crippen LogP contribution in [-0.4, -0.2) is 68.2 Å². The highest BCUT2D eigenvalue weighted by Crippen LogP contribution is 2.42. The van der Waals surface area contributed by atoms with Gasteiger partial charge in [-0.3, -0.25) is 14.4 Å². The van der Waals surface area contributed by atoms with Crippen LogP contribution < -0.4 is 0 Å². The van der Waals surface area contributed by atoms with E-state index in [1.165, 1.54) is 48.6 Å². The third-order valence-electron chi connectivity index (χ3n) is 5.33. The summed E-state index contributed by atoms with van der Waals surface area (Å²) in [5.74, 6) is -1.77. The maximum absolute atomic E-state index is 12.3. The fourth-order valence-corrected chi connectivity index (χ4v) is 6.57. The first-order valence-corrected chi connectivity index (χ1v) is 14.6. The fraction of sp³-hybridized carbons (Fsp3) is 0.391. The molecule has 0 N–H and O–H groups in total. The molecule has 0 amide bonds. The molecule has 1 aliphatic heterocycles. The van der Waals surface area contributed by atoms with E-state index in [1.54, 1.807) is 29.8 Å². The Morgan fingerprint density at radius 2 is 1.82 bits per heavy atom. The number of hydrogen-bond donors (Lipinski definition) is 0. The molecule has 208 valence electrons. The summed E-state index contributed by atoms with van der Waals surface area (Å²) < 4.78 is 25.0.